The van der Waals surface area contributed by atoms with Gasteiger partial charge in [0, 0.05) is 11.6 Å². The van der Waals surface area contributed by atoms with E-state index in [1.165, 1.54) is 12.8 Å². The second-order valence-electron chi connectivity index (χ2n) is 4.81. The zero-order valence-corrected chi connectivity index (χ0v) is 10.9. The molecular weight excluding hydrogens is 252 g/mol. The summed E-state index contributed by atoms with van der Waals surface area (Å²) in [5.74, 6) is -0.700. The molecule has 4 heteroatoms. The quantitative estimate of drug-likeness (QED) is 0.827. The molecule has 1 aliphatic carbocycles. The van der Waals surface area contributed by atoms with E-state index in [9.17, 15) is 9.90 Å². The predicted octanol–water partition coefficient (Wildman–Crippen LogP) is 3.01. The molecule has 1 aromatic rings. The highest BCUT2D eigenvalue weighted by Crippen LogP contribution is 2.29. The minimum Gasteiger partial charge on any atom is -0.481 e. The van der Waals surface area contributed by atoms with Crippen molar-refractivity contribution in [2.45, 2.75) is 19.3 Å². The molecule has 0 amide bonds. The standard InChI is InChI=1S/C14H17ClO3/c15-13-4-2-1-3-11(13)7-12(14(16)17)9-18-8-10-5-6-10/h1-4,10,12H,5-9H2,(H,16,17). The monoisotopic (exact) mass is 268 g/mol. The number of carbonyl (C=O) groups is 1. The average Bonchev–Trinajstić information content (AvgIpc) is 3.14. The number of halogens is 1. The average molecular weight is 269 g/mol. The zero-order valence-electron chi connectivity index (χ0n) is 10.1. The molecule has 0 heterocycles. The van der Waals surface area contributed by atoms with Gasteiger partial charge in [-0.3, -0.25) is 4.79 Å². The number of carboxylic acid groups (broad SMARTS) is 1. The maximum atomic E-state index is 11.2. The van der Waals surface area contributed by atoms with Crippen LogP contribution in [0.4, 0.5) is 0 Å². The van der Waals surface area contributed by atoms with Gasteiger partial charge in [-0.2, -0.15) is 0 Å². The number of aliphatic carboxylic acids is 1. The van der Waals surface area contributed by atoms with Crippen molar-refractivity contribution in [1.29, 1.82) is 0 Å². The normalized spacial score (nSPS) is 16.5. The molecule has 1 unspecified atom stereocenters. The van der Waals surface area contributed by atoms with Crippen molar-refractivity contribution >= 4 is 17.6 Å². The van der Waals surface area contributed by atoms with E-state index >= 15 is 0 Å². The Kier molecular flexibility index (Phi) is 4.61. The molecule has 0 spiro atoms. The minimum atomic E-state index is -0.828. The Bertz CT molecular complexity index is 415. The fourth-order valence-corrected chi connectivity index (χ4v) is 2.02. The molecule has 98 valence electrons. The van der Waals surface area contributed by atoms with Gasteiger partial charge in [-0.1, -0.05) is 29.8 Å². The highest BCUT2D eigenvalue weighted by molar-refractivity contribution is 6.31. The van der Waals surface area contributed by atoms with E-state index in [-0.39, 0.29) is 6.61 Å². The van der Waals surface area contributed by atoms with Crippen LogP contribution in [0.25, 0.3) is 0 Å². The van der Waals surface area contributed by atoms with E-state index in [1.54, 1.807) is 6.07 Å². The third-order valence-corrected chi connectivity index (χ3v) is 3.51. The lowest BCUT2D eigenvalue weighted by Crippen LogP contribution is -2.23. The third-order valence-electron chi connectivity index (χ3n) is 3.14. The van der Waals surface area contributed by atoms with Gasteiger partial charge < -0.3 is 9.84 Å². The molecule has 1 aliphatic rings. The van der Waals surface area contributed by atoms with Crippen LogP contribution in [0.3, 0.4) is 0 Å². The summed E-state index contributed by atoms with van der Waals surface area (Å²) in [6.07, 6.45) is 2.84. The van der Waals surface area contributed by atoms with E-state index in [4.69, 9.17) is 16.3 Å². The van der Waals surface area contributed by atoms with Crippen molar-refractivity contribution in [2.24, 2.45) is 11.8 Å². The lowest BCUT2D eigenvalue weighted by Gasteiger charge is -2.13. The lowest BCUT2D eigenvalue weighted by molar-refractivity contribution is -0.143. The Balaban J connectivity index is 1.88. The number of ether oxygens (including phenoxy) is 1. The van der Waals surface area contributed by atoms with Gasteiger partial charge in [0.05, 0.1) is 12.5 Å². The van der Waals surface area contributed by atoms with Crippen LogP contribution in [0.5, 0.6) is 0 Å². The maximum absolute atomic E-state index is 11.2. The van der Waals surface area contributed by atoms with Crippen LogP contribution in [0.2, 0.25) is 5.02 Å². The van der Waals surface area contributed by atoms with Crippen LogP contribution in [0, 0.1) is 11.8 Å². The van der Waals surface area contributed by atoms with Gasteiger partial charge in [0.2, 0.25) is 0 Å². The summed E-state index contributed by atoms with van der Waals surface area (Å²) in [6.45, 7) is 0.948. The first-order valence-electron chi connectivity index (χ1n) is 6.20. The number of carboxylic acids is 1. The summed E-state index contributed by atoms with van der Waals surface area (Å²) in [7, 11) is 0. The van der Waals surface area contributed by atoms with Crippen LogP contribution in [-0.4, -0.2) is 24.3 Å². The van der Waals surface area contributed by atoms with Crippen LogP contribution in [0.15, 0.2) is 24.3 Å². The van der Waals surface area contributed by atoms with Crippen molar-refractivity contribution in [2.75, 3.05) is 13.2 Å². The molecule has 0 aromatic heterocycles. The lowest BCUT2D eigenvalue weighted by atomic mass is 10.0. The fraction of sp³-hybridized carbons (Fsp3) is 0.500. The summed E-state index contributed by atoms with van der Waals surface area (Å²) >= 11 is 6.03. The molecule has 0 bridgehead atoms. The maximum Gasteiger partial charge on any atom is 0.309 e. The van der Waals surface area contributed by atoms with Crippen molar-refractivity contribution in [3.8, 4) is 0 Å². The minimum absolute atomic E-state index is 0.261. The molecular formula is C14H17ClO3. The van der Waals surface area contributed by atoms with Gasteiger partial charge >= 0.3 is 5.97 Å². The second-order valence-corrected chi connectivity index (χ2v) is 5.22. The van der Waals surface area contributed by atoms with E-state index < -0.39 is 11.9 Å². The Morgan fingerprint density at radius 2 is 2.17 bits per heavy atom. The summed E-state index contributed by atoms with van der Waals surface area (Å²) in [5, 5.41) is 9.80. The van der Waals surface area contributed by atoms with E-state index in [0.29, 0.717) is 24.0 Å². The van der Waals surface area contributed by atoms with Crippen LogP contribution >= 0.6 is 11.6 Å². The highest BCUT2D eigenvalue weighted by Gasteiger charge is 2.24. The largest absolute Gasteiger partial charge is 0.481 e. The second kappa shape index (κ2) is 6.21. The predicted molar refractivity (Wildman–Crippen MR) is 69.8 cm³/mol. The van der Waals surface area contributed by atoms with Gasteiger partial charge in [0.25, 0.3) is 0 Å². The summed E-state index contributed by atoms with van der Waals surface area (Å²) in [5.41, 5.74) is 0.863. The molecule has 0 saturated heterocycles. The first-order chi connectivity index (χ1) is 8.66. The Hall–Kier alpha value is -1.06. The molecule has 1 aromatic carbocycles. The number of hydrogen-bond donors (Lipinski definition) is 1. The van der Waals surface area contributed by atoms with Gasteiger partial charge in [-0.15, -0.1) is 0 Å². The van der Waals surface area contributed by atoms with Crippen LogP contribution in [-0.2, 0) is 16.0 Å². The van der Waals surface area contributed by atoms with E-state index in [0.717, 1.165) is 5.56 Å². The van der Waals surface area contributed by atoms with Gasteiger partial charge in [-0.25, -0.2) is 0 Å². The molecule has 0 radical (unpaired) electrons. The van der Waals surface area contributed by atoms with Gasteiger partial charge in [-0.05, 0) is 36.8 Å². The Morgan fingerprint density at radius 3 is 2.78 bits per heavy atom. The van der Waals surface area contributed by atoms with Crippen molar-refractivity contribution in [3.63, 3.8) is 0 Å². The van der Waals surface area contributed by atoms with Crippen LogP contribution in [0.1, 0.15) is 18.4 Å². The molecule has 1 atom stereocenters. The summed E-state index contributed by atoms with van der Waals surface area (Å²) < 4.78 is 5.47. The molecule has 1 N–H and O–H groups in total. The Labute approximate surface area is 112 Å². The first-order valence-corrected chi connectivity index (χ1v) is 6.58. The van der Waals surface area contributed by atoms with Gasteiger partial charge in [0.1, 0.15) is 0 Å². The number of hydrogen-bond acceptors (Lipinski definition) is 2. The Morgan fingerprint density at radius 1 is 1.44 bits per heavy atom. The smallest absolute Gasteiger partial charge is 0.309 e. The molecule has 3 nitrogen and oxygen atoms in total. The van der Waals surface area contributed by atoms with Crippen molar-refractivity contribution < 1.29 is 14.6 Å². The number of benzene rings is 1. The molecule has 18 heavy (non-hydrogen) atoms. The molecule has 1 fully saturated rings. The fourth-order valence-electron chi connectivity index (χ4n) is 1.81. The topological polar surface area (TPSA) is 46.5 Å². The summed E-state index contributed by atoms with van der Waals surface area (Å²) in [6, 6.07) is 7.34. The molecule has 2 rings (SSSR count). The zero-order chi connectivity index (χ0) is 13.0. The highest BCUT2D eigenvalue weighted by atomic mass is 35.5. The van der Waals surface area contributed by atoms with Crippen molar-refractivity contribution in [3.05, 3.63) is 34.9 Å². The van der Waals surface area contributed by atoms with Crippen molar-refractivity contribution in [1.82, 2.24) is 0 Å². The third kappa shape index (κ3) is 4.00. The SMILES string of the molecule is O=C(O)C(COCC1CC1)Cc1ccccc1Cl. The van der Waals surface area contributed by atoms with E-state index in [2.05, 4.69) is 0 Å². The molecule has 0 aliphatic heterocycles. The number of rotatable bonds is 7. The first kappa shape index (κ1) is 13.4. The van der Waals surface area contributed by atoms with E-state index in [1.807, 2.05) is 18.2 Å². The van der Waals surface area contributed by atoms with Crippen LogP contribution < -0.4 is 0 Å². The molecule has 1 saturated carbocycles. The van der Waals surface area contributed by atoms with Gasteiger partial charge in [0.15, 0.2) is 0 Å². The summed E-state index contributed by atoms with van der Waals surface area (Å²) in [4.78, 5) is 11.2.